The fourth-order valence-corrected chi connectivity index (χ4v) is 4.52. The summed E-state index contributed by atoms with van der Waals surface area (Å²) in [4.78, 5) is 22.2. The van der Waals surface area contributed by atoms with Gasteiger partial charge in [-0.25, -0.2) is 9.38 Å². The largest absolute Gasteiger partial charge is 0.496 e. The maximum Gasteiger partial charge on any atom is 0.257 e. The van der Waals surface area contributed by atoms with Crippen LogP contribution in [0, 0.1) is 6.92 Å². The van der Waals surface area contributed by atoms with Crippen LogP contribution in [0.15, 0.2) is 42.5 Å². The summed E-state index contributed by atoms with van der Waals surface area (Å²) in [5, 5.41) is 10.2. The Hall–Kier alpha value is -3.39. The van der Waals surface area contributed by atoms with Crippen LogP contribution in [0.25, 0.3) is 16.6 Å². The number of piperazine rings is 1. The van der Waals surface area contributed by atoms with Crippen molar-refractivity contribution in [3.05, 3.63) is 58.9 Å². The number of benzene rings is 2. The maximum absolute atomic E-state index is 13.2. The number of amides is 1. The molecule has 32 heavy (non-hydrogen) atoms. The lowest BCUT2D eigenvalue weighted by Gasteiger charge is -2.40. The highest BCUT2D eigenvalue weighted by molar-refractivity contribution is 6.31. The van der Waals surface area contributed by atoms with Gasteiger partial charge in [-0.3, -0.25) is 4.79 Å². The van der Waals surface area contributed by atoms with Gasteiger partial charge in [0.2, 0.25) is 5.95 Å². The van der Waals surface area contributed by atoms with E-state index in [1.54, 1.807) is 13.2 Å². The third-order valence-corrected chi connectivity index (χ3v) is 6.19. The monoisotopic (exact) mass is 450 g/mol. The number of carbonyl (C=O) groups is 1. The van der Waals surface area contributed by atoms with E-state index < -0.39 is 0 Å². The highest BCUT2D eigenvalue weighted by atomic mass is 35.5. The molecule has 1 aliphatic heterocycles. The normalized spacial score (nSPS) is 16.7. The zero-order valence-electron chi connectivity index (χ0n) is 18.1. The second-order valence-electron chi connectivity index (χ2n) is 7.97. The van der Waals surface area contributed by atoms with Crippen LogP contribution >= 0.6 is 11.6 Å². The van der Waals surface area contributed by atoms with Crippen molar-refractivity contribution in [1.82, 2.24) is 24.5 Å². The highest BCUT2D eigenvalue weighted by Crippen LogP contribution is 2.28. The number of carbonyl (C=O) groups excluding carboxylic acids is 1. The maximum atomic E-state index is 13.2. The number of rotatable bonds is 3. The van der Waals surface area contributed by atoms with Crippen LogP contribution in [0.5, 0.6) is 5.75 Å². The molecule has 1 saturated heterocycles. The minimum atomic E-state index is -0.0292. The van der Waals surface area contributed by atoms with Gasteiger partial charge in [-0.1, -0.05) is 23.7 Å². The molecule has 0 radical (unpaired) electrons. The van der Waals surface area contributed by atoms with Crippen LogP contribution in [0.4, 0.5) is 5.95 Å². The topological polar surface area (TPSA) is 75.9 Å². The van der Waals surface area contributed by atoms with Crippen LogP contribution < -0.4 is 9.64 Å². The summed E-state index contributed by atoms with van der Waals surface area (Å²) in [6.45, 7) is 5.80. The van der Waals surface area contributed by atoms with E-state index in [-0.39, 0.29) is 11.9 Å². The lowest BCUT2D eigenvalue weighted by molar-refractivity contribution is 0.0669. The molecule has 164 valence electrons. The number of anilines is 1. The lowest BCUT2D eigenvalue weighted by atomic mass is 10.1. The molecule has 8 nitrogen and oxygen atoms in total. The molecule has 3 heterocycles. The van der Waals surface area contributed by atoms with Crippen molar-refractivity contribution in [3.63, 3.8) is 0 Å². The Kier molecular flexibility index (Phi) is 5.09. The molecular weight excluding hydrogens is 428 g/mol. The Labute approximate surface area is 190 Å². The molecule has 1 atom stereocenters. The Balaban J connectivity index is 1.49. The SMILES string of the molecule is COc1ccccc1C(=O)N1CCN(c2nc3cc(Cl)ccc3c3nnc(C)n23)CC1C. The van der Waals surface area contributed by atoms with E-state index >= 15 is 0 Å². The Morgan fingerprint density at radius 2 is 1.97 bits per heavy atom. The Bertz CT molecular complexity index is 1340. The fourth-order valence-electron chi connectivity index (χ4n) is 4.35. The van der Waals surface area contributed by atoms with Crippen molar-refractivity contribution in [2.75, 3.05) is 31.6 Å². The first kappa shape index (κ1) is 20.5. The summed E-state index contributed by atoms with van der Waals surface area (Å²) >= 11 is 6.22. The van der Waals surface area contributed by atoms with Crippen LogP contribution in [0.2, 0.25) is 5.02 Å². The first-order chi connectivity index (χ1) is 15.5. The van der Waals surface area contributed by atoms with E-state index in [1.807, 2.05) is 59.5 Å². The second kappa shape index (κ2) is 7.94. The van der Waals surface area contributed by atoms with E-state index in [1.165, 1.54) is 0 Å². The molecule has 9 heteroatoms. The summed E-state index contributed by atoms with van der Waals surface area (Å²) < 4.78 is 7.36. The average Bonchev–Trinajstić information content (AvgIpc) is 3.19. The fraction of sp³-hybridized carbons (Fsp3) is 0.304. The number of methoxy groups -OCH3 is 1. The number of halogens is 1. The zero-order chi connectivity index (χ0) is 22.4. The van der Waals surface area contributed by atoms with Crippen molar-refractivity contribution in [3.8, 4) is 5.75 Å². The van der Waals surface area contributed by atoms with Gasteiger partial charge in [0, 0.05) is 36.1 Å². The summed E-state index contributed by atoms with van der Waals surface area (Å²) in [6, 6.07) is 12.9. The molecule has 1 unspecified atom stereocenters. The van der Waals surface area contributed by atoms with Crippen molar-refractivity contribution in [1.29, 1.82) is 0 Å². The van der Waals surface area contributed by atoms with Gasteiger partial charge in [0.05, 0.1) is 18.2 Å². The lowest BCUT2D eigenvalue weighted by Crippen LogP contribution is -2.54. The average molecular weight is 451 g/mol. The van der Waals surface area contributed by atoms with Crippen LogP contribution in [0.3, 0.4) is 0 Å². The smallest absolute Gasteiger partial charge is 0.257 e. The van der Waals surface area contributed by atoms with Gasteiger partial charge in [-0.05, 0) is 44.2 Å². The molecule has 0 N–H and O–H groups in total. The Morgan fingerprint density at radius 1 is 1.16 bits per heavy atom. The summed E-state index contributed by atoms with van der Waals surface area (Å²) in [5.41, 5.74) is 2.10. The molecule has 2 aromatic carbocycles. The first-order valence-electron chi connectivity index (χ1n) is 10.5. The standard InChI is InChI=1S/C23H23ClN6O2/c1-14-13-28(10-11-29(14)22(31)18-6-4-5-7-20(18)32-3)23-25-19-12-16(24)8-9-17(19)21-27-26-15(2)30(21)23/h4-9,12,14H,10-11,13H2,1-3H3. The number of aromatic nitrogens is 4. The third kappa shape index (κ3) is 3.31. The molecule has 0 spiro atoms. The third-order valence-electron chi connectivity index (χ3n) is 5.95. The number of aryl methyl sites for hydroxylation is 1. The molecule has 1 amide bonds. The van der Waals surface area contributed by atoms with Crippen molar-refractivity contribution in [2.24, 2.45) is 0 Å². The molecular formula is C23H23ClN6O2. The molecule has 0 aliphatic carbocycles. The molecule has 5 rings (SSSR count). The van der Waals surface area contributed by atoms with Gasteiger partial charge in [-0.15, -0.1) is 10.2 Å². The van der Waals surface area contributed by atoms with Crippen molar-refractivity contribution < 1.29 is 9.53 Å². The molecule has 1 aliphatic rings. The van der Waals surface area contributed by atoms with Gasteiger partial charge >= 0.3 is 0 Å². The van der Waals surface area contributed by atoms with Crippen LogP contribution in [-0.4, -0.2) is 63.2 Å². The van der Waals surface area contributed by atoms with Crippen LogP contribution in [-0.2, 0) is 0 Å². The predicted octanol–water partition coefficient (Wildman–Crippen LogP) is 3.60. The number of hydrogen-bond acceptors (Lipinski definition) is 6. The van der Waals surface area contributed by atoms with E-state index in [2.05, 4.69) is 15.1 Å². The van der Waals surface area contributed by atoms with Crippen molar-refractivity contribution >= 4 is 40.0 Å². The number of hydrogen-bond donors (Lipinski definition) is 0. The number of ether oxygens (including phenoxy) is 1. The quantitative estimate of drug-likeness (QED) is 0.474. The molecule has 4 aromatic rings. The minimum absolute atomic E-state index is 0.0233. The molecule has 1 fully saturated rings. The molecule has 0 saturated carbocycles. The summed E-state index contributed by atoms with van der Waals surface area (Å²) in [5.74, 6) is 2.08. The predicted molar refractivity (Wildman–Crippen MR) is 124 cm³/mol. The second-order valence-corrected chi connectivity index (χ2v) is 8.41. The molecule has 0 bridgehead atoms. The summed E-state index contributed by atoms with van der Waals surface area (Å²) in [7, 11) is 1.58. The Morgan fingerprint density at radius 3 is 2.75 bits per heavy atom. The molecule has 2 aromatic heterocycles. The number of fused-ring (bicyclic) bond motifs is 3. The van der Waals surface area contributed by atoms with Gasteiger partial charge < -0.3 is 14.5 Å². The van der Waals surface area contributed by atoms with E-state index in [0.717, 1.165) is 28.3 Å². The zero-order valence-corrected chi connectivity index (χ0v) is 18.9. The van der Waals surface area contributed by atoms with Crippen LogP contribution in [0.1, 0.15) is 23.1 Å². The van der Waals surface area contributed by atoms with E-state index in [9.17, 15) is 4.79 Å². The van der Waals surface area contributed by atoms with Gasteiger partial charge in [0.25, 0.3) is 5.91 Å². The van der Waals surface area contributed by atoms with E-state index in [4.69, 9.17) is 21.3 Å². The van der Waals surface area contributed by atoms with Gasteiger partial charge in [-0.2, -0.15) is 0 Å². The highest BCUT2D eigenvalue weighted by Gasteiger charge is 2.31. The minimum Gasteiger partial charge on any atom is -0.496 e. The van der Waals surface area contributed by atoms with Gasteiger partial charge in [0.1, 0.15) is 11.6 Å². The number of para-hydroxylation sites is 1. The van der Waals surface area contributed by atoms with E-state index in [0.29, 0.717) is 36.0 Å². The van der Waals surface area contributed by atoms with Gasteiger partial charge in [0.15, 0.2) is 5.65 Å². The van der Waals surface area contributed by atoms with Crippen molar-refractivity contribution in [2.45, 2.75) is 19.9 Å². The number of nitrogens with zero attached hydrogens (tertiary/aromatic N) is 6. The summed E-state index contributed by atoms with van der Waals surface area (Å²) in [6.07, 6.45) is 0. The first-order valence-corrected chi connectivity index (χ1v) is 10.9.